The minimum absolute atomic E-state index is 0.0237. The van der Waals surface area contributed by atoms with E-state index in [4.69, 9.17) is 0 Å². The van der Waals surface area contributed by atoms with Gasteiger partial charge in [-0.2, -0.15) is 0 Å². The Balaban J connectivity index is 1.21. The Morgan fingerprint density at radius 1 is 0.527 bits per heavy atom. The van der Waals surface area contributed by atoms with Crippen LogP contribution in [0.15, 0.2) is 133 Å². The number of aryl methyl sites for hydroxylation is 1. The molecule has 0 spiro atoms. The van der Waals surface area contributed by atoms with Crippen LogP contribution in [0.5, 0.6) is 0 Å². The second-order valence-corrected chi connectivity index (χ2v) is 18.8. The van der Waals surface area contributed by atoms with Crippen LogP contribution in [0.25, 0.3) is 57.8 Å². The largest absolute Gasteiger partial charge is 0.309 e. The van der Waals surface area contributed by atoms with Crippen molar-refractivity contribution < 1.29 is 0 Å². The van der Waals surface area contributed by atoms with E-state index in [1.54, 1.807) is 0 Å². The molecule has 0 amide bonds. The van der Waals surface area contributed by atoms with Crippen LogP contribution < -0.4 is 25.5 Å². The number of hydrogen-bond donors (Lipinski definition) is 0. The molecule has 0 saturated carbocycles. The van der Waals surface area contributed by atoms with Gasteiger partial charge in [0, 0.05) is 57.2 Å². The van der Waals surface area contributed by atoms with Gasteiger partial charge in [0.05, 0.1) is 39.5 Å². The summed E-state index contributed by atoms with van der Waals surface area (Å²) < 4.78 is 7.95. The van der Waals surface area contributed by atoms with Crippen molar-refractivity contribution in [2.24, 2.45) is 0 Å². The third-order valence-electron chi connectivity index (χ3n) is 12.4. The van der Waals surface area contributed by atoms with Crippen molar-refractivity contribution in [3.63, 3.8) is 0 Å². The van der Waals surface area contributed by atoms with E-state index >= 15 is 0 Å². The lowest BCUT2D eigenvalue weighted by atomic mass is 9.36. The molecule has 13 rings (SSSR count). The molecule has 0 fully saturated rings. The van der Waals surface area contributed by atoms with Crippen molar-refractivity contribution in [1.82, 2.24) is 4.57 Å². The van der Waals surface area contributed by atoms with Gasteiger partial charge in [0.25, 0.3) is 6.71 Å². The van der Waals surface area contributed by atoms with Gasteiger partial charge in [-0.3, -0.25) is 0 Å². The fraction of sp³-hybridized carbons (Fsp3) is 0.102. The molecule has 3 aliphatic heterocycles. The van der Waals surface area contributed by atoms with E-state index in [0.29, 0.717) is 0 Å². The molecule has 6 heteroatoms. The minimum atomic E-state index is 0.0237. The minimum Gasteiger partial charge on any atom is -0.309 e. The number of aromatic nitrogens is 1. The van der Waals surface area contributed by atoms with Crippen LogP contribution in [0.1, 0.15) is 31.9 Å². The monoisotopic (exact) mass is 739 g/mol. The number of nitrogens with zero attached hydrogens (tertiary/aromatic N) is 3. The van der Waals surface area contributed by atoms with E-state index < -0.39 is 0 Å². The highest BCUT2D eigenvalue weighted by Crippen LogP contribution is 2.55. The third-order valence-corrected chi connectivity index (χ3v) is 14.8. The summed E-state index contributed by atoms with van der Waals surface area (Å²) in [6, 6.07) is 50.9. The molecule has 0 N–H and O–H groups in total. The number of thiophene rings is 2. The summed E-state index contributed by atoms with van der Waals surface area (Å²) in [5, 5.41) is 6.59. The Labute approximate surface area is 327 Å². The highest BCUT2D eigenvalue weighted by atomic mass is 32.1. The van der Waals surface area contributed by atoms with E-state index in [1.165, 1.54) is 119 Å². The van der Waals surface area contributed by atoms with Crippen LogP contribution in [-0.4, -0.2) is 11.3 Å². The van der Waals surface area contributed by atoms with Gasteiger partial charge in [0.1, 0.15) is 0 Å². The van der Waals surface area contributed by atoms with Gasteiger partial charge in [0.15, 0.2) is 0 Å². The van der Waals surface area contributed by atoms with Gasteiger partial charge in [0.2, 0.25) is 0 Å². The zero-order valence-corrected chi connectivity index (χ0v) is 32.6. The van der Waals surface area contributed by atoms with Gasteiger partial charge in [-0.15, -0.1) is 22.7 Å². The number of anilines is 6. The third kappa shape index (κ3) is 3.77. The molecule has 3 nitrogen and oxygen atoms in total. The van der Waals surface area contributed by atoms with Crippen LogP contribution in [0.3, 0.4) is 0 Å². The average molecular weight is 740 g/mol. The van der Waals surface area contributed by atoms with Crippen LogP contribution >= 0.6 is 22.7 Å². The van der Waals surface area contributed by atoms with E-state index in [0.717, 1.165) is 0 Å². The Morgan fingerprint density at radius 2 is 1.20 bits per heavy atom. The number of para-hydroxylation sites is 3. The van der Waals surface area contributed by atoms with Gasteiger partial charge >= 0.3 is 0 Å². The molecule has 3 aliphatic rings. The van der Waals surface area contributed by atoms with Gasteiger partial charge < -0.3 is 14.4 Å². The van der Waals surface area contributed by atoms with Gasteiger partial charge in [-0.1, -0.05) is 93.6 Å². The molecule has 3 aromatic heterocycles. The second kappa shape index (κ2) is 10.3. The van der Waals surface area contributed by atoms with E-state index in [-0.39, 0.29) is 12.1 Å². The Bertz CT molecular complexity index is 3360. The fourth-order valence-corrected chi connectivity index (χ4v) is 12.6. The normalized spacial score (nSPS) is 14.1. The number of fused-ring (bicyclic) bond motifs is 14. The molecule has 55 heavy (non-hydrogen) atoms. The molecule has 0 saturated heterocycles. The molecule has 7 aromatic carbocycles. The zero-order valence-electron chi connectivity index (χ0n) is 30.9. The summed E-state index contributed by atoms with van der Waals surface area (Å²) in [5.74, 6) is 0. The lowest BCUT2D eigenvalue weighted by Gasteiger charge is -2.45. The molecule has 0 unspecified atom stereocenters. The molecule has 260 valence electrons. The molecular weight excluding hydrogens is 706 g/mol. The van der Waals surface area contributed by atoms with Crippen LogP contribution in [0.2, 0.25) is 0 Å². The summed E-state index contributed by atoms with van der Waals surface area (Å²) in [6.07, 6.45) is 0. The predicted molar refractivity (Wildman–Crippen MR) is 240 cm³/mol. The van der Waals surface area contributed by atoms with Crippen molar-refractivity contribution in [2.45, 2.75) is 33.1 Å². The molecule has 10 aromatic rings. The molecule has 0 bridgehead atoms. The molecule has 6 heterocycles. The Kier molecular flexibility index (Phi) is 5.70. The van der Waals surface area contributed by atoms with Crippen molar-refractivity contribution in [3.05, 3.63) is 145 Å². The van der Waals surface area contributed by atoms with Crippen molar-refractivity contribution in [1.29, 1.82) is 0 Å². The number of rotatable bonds is 1. The predicted octanol–water partition coefficient (Wildman–Crippen LogP) is 12.4. The molecular formula is C49H34BN3S2. The summed E-state index contributed by atoms with van der Waals surface area (Å²) >= 11 is 3.89. The standard InChI is InChI=1S/C49H34BN3S2/c1-27-24-38-44-39(25-27)53-36-18-9-14-30-29-12-5-7-16-34(29)51(45(30)36)37-19-10-15-33(47(37)53)50(44)48-46(32-26-28(49(2,3)4)22-23-41(32)55-48)52(38)35-17-11-21-42-43(35)31-13-6-8-20-40(31)54-42/h5-26H,1-4H3. The van der Waals surface area contributed by atoms with Crippen molar-refractivity contribution in [3.8, 4) is 5.69 Å². The maximum Gasteiger partial charge on any atom is 0.264 e. The van der Waals surface area contributed by atoms with E-state index in [9.17, 15) is 0 Å². The Morgan fingerprint density at radius 3 is 2.05 bits per heavy atom. The summed E-state index contributed by atoms with van der Waals surface area (Å²) in [4.78, 5) is 5.28. The van der Waals surface area contributed by atoms with Crippen molar-refractivity contribution in [2.75, 3.05) is 9.80 Å². The quantitative estimate of drug-likeness (QED) is 0.155. The SMILES string of the molecule is Cc1cc2c3c(c1)N1c4c(cccc4-n4c5ccccc5c5cccc1c54)B3c1sc3ccc(C(C)(C)C)cc3c1N2c1cccc2sc3ccccc3c12. The van der Waals surface area contributed by atoms with Crippen LogP contribution in [0, 0.1) is 6.92 Å². The lowest BCUT2D eigenvalue weighted by molar-refractivity contribution is 0.591. The second-order valence-electron chi connectivity index (χ2n) is 16.6. The fourth-order valence-electron chi connectivity index (χ4n) is 10.2. The van der Waals surface area contributed by atoms with Crippen LogP contribution in [-0.2, 0) is 5.41 Å². The smallest absolute Gasteiger partial charge is 0.264 e. The molecule has 0 atom stereocenters. The average Bonchev–Trinajstić information content (AvgIpc) is 3.87. The van der Waals surface area contributed by atoms with E-state index in [2.05, 4.69) is 176 Å². The number of benzene rings is 7. The molecule has 0 radical (unpaired) electrons. The first-order valence-electron chi connectivity index (χ1n) is 19.2. The first-order chi connectivity index (χ1) is 26.8. The van der Waals surface area contributed by atoms with E-state index in [1.807, 2.05) is 22.7 Å². The highest BCUT2D eigenvalue weighted by Gasteiger charge is 2.47. The summed E-state index contributed by atoms with van der Waals surface area (Å²) in [6.45, 7) is 9.37. The van der Waals surface area contributed by atoms with Gasteiger partial charge in [-0.05, 0) is 95.1 Å². The maximum atomic E-state index is 2.67. The molecule has 0 aliphatic carbocycles. The zero-order chi connectivity index (χ0) is 36.5. The highest BCUT2D eigenvalue weighted by molar-refractivity contribution is 7.33. The summed E-state index contributed by atoms with van der Waals surface area (Å²) in [5.41, 5.74) is 16.9. The Hall–Kier alpha value is -5.82. The first-order valence-corrected chi connectivity index (χ1v) is 20.9. The van der Waals surface area contributed by atoms with Crippen molar-refractivity contribution >= 4 is 131 Å². The van der Waals surface area contributed by atoms with Gasteiger partial charge in [-0.25, -0.2) is 0 Å². The number of hydrogen-bond acceptors (Lipinski definition) is 4. The topological polar surface area (TPSA) is 11.4 Å². The maximum absolute atomic E-state index is 2.67. The summed E-state index contributed by atoms with van der Waals surface area (Å²) in [7, 11) is 0. The van der Waals surface area contributed by atoms with Crippen LogP contribution in [0.4, 0.5) is 34.1 Å². The lowest BCUT2D eigenvalue weighted by Crippen LogP contribution is -2.61. The first kappa shape index (κ1) is 30.5.